The minimum atomic E-state index is -0.289. The fourth-order valence-corrected chi connectivity index (χ4v) is 2.94. The van der Waals surface area contributed by atoms with E-state index in [0.717, 1.165) is 16.9 Å². The molecule has 2 aromatic rings. The van der Waals surface area contributed by atoms with Crippen molar-refractivity contribution >= 4 is 6.03 Å². The van der Waals surface area contributed by atoms with Crippen molar-refractivity contribution in [2.75, 3.05) is 33.9 Å². The molecule has 1 aliphatic rings. The summed E-state index contributed by atoms with van der Waals surface area (Å²) in [6, 6.07) is 11.6. The first kappa shape index (κ1) is 19.0. The van der Waals surface area contributed by atoms with Gasteiger partial charge < -0.3 is 25.0 Å². The van der Waals surface area contributed by atoms with Gasteiger partial charge in [0.2, 0.25) is 0 Å². The zero-order valence-electron chi connectivity index (χ0n) is 15.5. The monoisotopic (exact) mass is 373 g/mol. The van der Waals surface area contributed by atoms with Gasteiger partial charge in [0.05, 0.1) is 6.04 Å². The Kier molecular flexibility index (Phi) is 6.13. The van der Waals surface area contributed by atoms with E-state index in [1.54, 1.807) is 6.07 Å². The number of nitrogens with zero attached hydrogens (tertiary/aromatic N) is 1. The van der Waals surface area contributed by atoms with E-state index in [4.69, 9.17) is 9.47 Å². The van der Waals surface area contributed by atoms with E-state index in [2.05, 4.69) is 10.6 Å². The van der Waals surface area contributed by atoms with Crippen LogP contribution in [0.1, 0.15) is 17.2 Å². The third kappa shape index (κ3) is 5.10. The molecule has 2 amide bonds. The molecule has 0 spiro atoms. The van der Waals surface area contributed by atoms with Crippen LogP contribution >= 0.6 is 0 Å². The summed E-state index contributed by atoms with van der Waals surface area (Å²) >= 11 is 0. The highest BCUT2D eigenvalue weighted by Gasteiger charge is 2.16. The van der Waals surface area contributed by atoms with E-state index in [9.17, 15) is 9.18 Å². The maximum atomic E-state index is 13.5. The maximum Gasteiger partial charge on any atom is 0.315 e. The topological polar surface area (TPSA) is 62.8 Å². The molecule has 0 aromatic heterocycles. The van der Waals surface area contributed by atoms with Gasteiger partial charge in [-0.25, -0.2) is 9.18 Å². The Morgan fingerprint density at radius 1 is 1.11 bits per heavy atom. The molecule has 144 valence electrons. The molecule has 1 atom stereocenters. The first-order valence-electron chi connectivity index (χ1n) is 8.85. The van der Waals surface area contributed by atoms with Crippen molar-refractivity contribution in [2.24, 2.45) is 0 Å². The molecular formula is C20H24FN3O3. The Labute approximate surface area is 158 Å². The van der Waals surface area contributed by atoms with Gasteiger partial charge in [-0.05, 0) is 49.5 Å². The molecule has 1 heterocycles. The first-order valence-corrected chi connectivity index (χ1v) is 8.85. The van der Waals surface area contributed by atoms with Gasteiger partial charge in [0, 0.05) is 13.1 Å². The molecule has 6 nitrogen and oxygen atoms in total. The van der Waals surface area contributed by atoms with Gasteiger partial charge in [-0.15, -0.1) is 0 Å². The molecule has 0 saturated heterocycles. The lowest BCUT2D eigenvalue weighted by molar-refractivity contribution is 0.171. The molecular weight excluding hydrogens is 349 g/mol. The van der Waals surface area contributed by atoms with Crippen molar-refractivity contribution in [1.82, 2.24) is 15.5 Å². The van der Waals surface area contributed by atoms with E-state index in [1.807, 2.05) is 43.3 Å². The quantitative estimate of drug-likeness (QED) is 0.817. The lowest BCUT2D eigenvalue weighted by Crippen LogP contribution is -2.40. The van der Waals surface area contributed by atoms with Crippen molar-refractivity contribution < 1.29 is 18.7 Å². The van der Waals surface area contributed by atoms with E-state index in [0.29, 0.717) is 32.1 Å². The van der Waals surface area contributed by atoms with Crippen LogP contribution in [-0.4, -0.2) is 44.8 Å². The highest BCUT2D eigenvalue weighted by atomic mass is 19.1. The second kappa shape index (κ2) is 8.73. The van der Waals surface area contributed by atoms with Crippen LogP contribution in [0.2, 0.25) is 0 Å². The summed E-state index contributed by atoms with van der Waals surface area (Å²) in [6.45, 7) is 1.81. The number of fused-ring (bicyclic) bond motifs is 1. The van der Waals surface area contributed by atoms with Crippen LogP contribution in [0.15, 0.2) is 42.5 Å². The average Bonchev–Trinajstić information content (AvgIpc) is 2.66. The van der Waals surface area contributed by atoms with Crippen LogP contribution in [0.5, 0.6) is 11.5 Å². The molecule has 2 N–H and O–H groups in total. The molecule has 0 radical (unpaired) electrons. The normalized spacial score (nSPS) is 13.9. The zero-order valence-corrected chi connectivity index (χ0v) is 15.5. The lowest BCUT2D eigenvalue weighted by atomic mass is 10.1. The molecule has 0 saturated carbocycles. The van der Waals surface area contributed by atoms with Crippen molar-refractivity contribution in [3.05, 3.63) is 59.4 Å². The number of halogens is 1. The SMILES string of the molecule is CN(C)C(CNC(=O)NCc1ccc2c(c1)OCCO2)c1cccc(F)c1. The summed E-state index contributed by atoms with van der Waals surface area (Å²) in [5, 5.41) is 5.67. The Balaban J connectivity index is 1.52. The predicted molar refractivity (Wildman–Crippen MR) is 100 cm³/mol. The van der Waals surface area contributed by atoms with Gasteiger partial charge in [-0.3, -0.25) is 0 Å². The fraction of sp³-hybridized carbons (Fsp3) is 0.350. The third-order valence-electron chi connectivity index (χ3n) is 4.37. The number of ether oxygens (including phenoxy) is 2. The summed E-state index contributed by atoms with van der Waals surface area (Å²) in [5.74, 6) is 1.13. The van der Waals surface area contributed by atoms with Gasteiger partial charge in [0.1, 0.15) is 19.0 Å². The number of nitrogens with one attached hydrogen (secondary N) is 2. The van der Waals surface area contributed by atoms with E-state index in [-0.39, 0.29) is 17.9 Å². The summed E-state index contributed by atoms with van der Waals surface area (Å²) in [7, 11) is 3.79. The van der Waals surface area contributed by atoms with Crippen LogP contribution in [0.4, 0.5) is 9.18 Å². The Hall–Kier alpha value is -2.80. The number of likely N-dealkylation sites (N-methyl/N-ethyl adjacent to an activating group) is 1. The van der Waals surface area contributed by atoms with Crippen LogP contribution in [-0.2, 0) is 6.54 Å². The average molecular weight is 373 g/mol. The number of urea groups is 1. The number of hydrogen-bond acceptors (Lipinski definition) is 4. The largest absolute Gasteiger partial charge is 0.486 e. The first-order chi connectivity index (χ1) is 13.0. The van der Waals surface area contributed by atoms with Crippen molar-refractivity contribution in [2.45, 2.75) is 12.6 Å². The van der Waals surface area contributed by atoms with Crippen molar-refractivity contribution in [3.63, 3.8) is 0 Å². The molecule has 7 heteroatoms. The Morgan fingerprint density at radius 2 is 1.89 bits per heavy atom. The van der Waals surface area contributed by atoms with E-state index >= 15 is 0 Å². The molecule has 27 heavy (non-hydrogen) atoms. The Morgan fingerprint density at radius 3 is 2.63 bits per heavy atom. The van der Waals surface area contributed by atoms with Crippen molar-refractivity contribution in [1.29, 1.82) is 0 Å². The molecule has 0 fully saturated rings. The highest BCUT2D eigenvalue weighted by Crippen LogP contribution is 2.30. The number of carbonyl (C=O) groups is 1. The molecule has 3 rings (SSSR count). The minimum absolute atomic E-state index is 0.124. The van der Waals surface area contributed by atoms with Crippen LogP contribution in [0, 0.1) is 5.82 Å². The number of benzene rings is 2. The van der Waals surface area contributed by atoms with E-state index in [1.165, 1.54) is 12.1 Å². The van der Waals surface area contributed by atoms with Gasteiger partial charge in [0.25, 0.3) is 0 Å². The standard InChI is InChI=1S/C20H24FN3O3/c1-24(2)17(15-4-3-5-16(21)11-15)13-23-20(25)22-12-14-6-7-18-19(10-14)27-9-8-26-18/h3-7,10-11,17H,8-9,12-13H2,1-2H3,(H2,22,23,25). The van der Waals surface area contributed by atoms with Gasteiger partial charge in [-0.2, -0.15) is 0 Å². The summed E-state index contributed by atoms with van der Waals surface area (Å²) in [6.07, 6.45) is 0. The predicted octanol–water partition coefficient (Wildman–Crippen LogP) is 2.70. The van der Waals surface area contributed by atoms with Gasteiger partial charge in [0.15, 0.2) is 11.5 Å². The molecule has 2 aromatic carbocycles. The highest BCUT2D eigenvalue weighted by molar-refractivity contribution is 5.73. The van der Waals surface area contributed by atoms with Crippen LogP contribution < -0.4 is 20.1 Å². The van der Waals surface area contributed by atoms with Crippen molar-refractivity contribution in [3.8, 4) is 11.5 Å². The minimum Gasteiger partial charge on any atom is -0.486 e. The van der Waals surface area contributed by atoms with Gasteiger partial charge >= 0.3 is 6.03 Å². The van der Waals surface area contributed by atoms with E-state index < -0.39 is 0 Å². The number of rotatable bonds is 6. The second-order valence-corrected chi connectivity index (χ2v) is 6.58. The van der Waals surface area contributed by atoms with Crippen LogP contribution in [0.3, 0.4) is 0 Å². The maximum absolute atomic E-state index is 13.5. The second-order valence-electron chi connectivity index (χ2n) is 6.58. The lowest BCUT2D eigenvalue weighted by Gasteiger charge is -2.25. The molecule has 1 unspecified atom stereocenters. The molecule has 0 bridgehead atoms. The van der Waals surface area contributed by atoms with Crippen LogP contribution in [0.25, 0.3) is 0 Å². The molecule has 0 aliphatic carbocycles. The summed E-state index contributed by atoms with van der Waals surface area (Å²) in [4.78, 5) is 14.1. The fourth-order valence-electron chi connectivity index (χ4n) is 2.94. The Bertz CT molecular complexity index is 798. The smallest absolute Gasteiger partial charge is 0.315 e. The van der Waals surface area contributed by atoms with Gasteiger partial charge in [-0.1, -0.05) is 18.2 Å². The summed E-state index contributed by atoms with van der Waals surface area (Å²) < 4.78 is 24.5. The number of carbonyl (C=O) groups excluding carboxylic acids is 1. The number of amides is 2. The third-order valence-corrected chi connectivity index (χ3v) is 4.37. The molecule has 1 aliphatic heterocycles. The zero-order chi connectivity index (χ0) is 19.2. The number of hydrogen-bond donors (Lipinski definition) is 2. The summed E-state index contributed by atoms with van der Waals surface area (Å²) in [5.41, 5.74) is 1.73.